The molecular formula is C15H16BrFN2. The van der Waals surface area contributed by atoms with Gasteiger partial charge in [0, 0.05) is 16.4 Å². The normalized spacial score (nSPS) is 12.4. The SMILES string of the molecule is CCNC(c1ccc(C)nc1)c1ccc(F)cc1Br. The molecule has 1 heterocycles. The minimum absolute atomic E-state index is 0.00748. The van der Waals surface area contributed by atoms with E-state index in [1.807, 2.05) is 32.2 Å². The second-order valence-electron chi connectivity index (χ2n) is 4.39. The zero-order chi connectivity index (χ0) is 13.8. The van der Waals surface area contributed by atoms with Gasteiger partial charge in [-0.05, 0) is 42.8 Å². The Morgan fingerprint density at radius 2 is 2.11 bits per heavy atom. The van der Waals surface area contributed by atoms with Crippen molar-refractivity contribution in [3.05, 3.63) is 63.6 Å². The Hall–Kier alpha value is -1.26. The summed E-state index contributed by atoms with van der Waals surface area (Å²) in [4.78, 5) is 4.33. The summed E-state index contributed by atoms with van der Waals surface area (Å²) >= 11 is 3.43. The number of nitrogens with zero attached hydrogens (tertiary/aromatic N) is 1. The Morgan fingerprint density at radius 3 is 2.68 bits per heavy atom. The molecule has 0 fully saturated rings. The van der Waals surface area contributed by atoms with Crippen LogP contribution in [0.2, 0.25) is 0 Å². The van der Waals surface area contributed by atoms with Crippen molar-refractivity contribution in [2.75, 3.05) is 6.54 Å². The smallest absolute Gasteiger partial charge is 0.124 e. The lowest BCUT2D eigenvalue weighted by molar-refractivity contribution is 0.610. The van der Waals surface area contributed by atoms with Crippen molar-refractivity contribution in [1.82, 2.24) is 10.3 Å². The van der Waals surface area contributed by atoms with E-state index in [2.05, 4.69) is 26.2 Å². The molecule has 0 aliphatic carbocycles. The van der Waals surface area contributed by atoms with E-state index >= 15 is 0 Å². The number of hydrogen-bond acceptors (Lipinski definition) is 2. The molecule has 1 aromatic heterocycles. The van der Waals surface area contributed by atoms with E-state index in [-0.39, 0.29) is 11.9 Å². The van der Waals surface area contributed by atoms with Gasteiger partial charge in [0.2, 0.25) is 0 Å². The second-order valence-corrected chi connectivity index (χ2v) is 5.24. The van der Waals surface area contributed by atoms with Crippen LogP contribution in [-0.4, -0.2) is 11.5 Å². The third-order valence-corrected chi connectivity index (χ3v) is 3.64. The van der Waals surface area contributed by atoms with Crippen molar-refractivity contribution in [2.24, 2.45) is 0 Å². The summed E-state index contributed by atoms with van der Waals surface area (Å²) < 4.78 is 14.0. The Kier molecular flexibility index (Phi) is 4.66. The average molecular weight is 323 g/mol. The Bertz CT molecular complexity index is 555. The summed E-state index contributed by atoms with van der Waals surface area (Å²) in [5, 5.41) is 3.40. The Morgan fingerprint density at radius 1 is 1.32 bits per heavy atom. The highest BCUT2D eigenvalue weighted by atomic mass is 79.9. The summed E-state index contributed by atoms with van der Waals surface area (Å²) in [6.45, 7) is 4.83. The fourth-order valence-electron chi connectivity index (χ4n) is 2.00. The number of aromatic nitrogens is 1. The molecule has 2 rings (SSSR count). The quantitative estimate of drug-likeness (QED) is 0.920. The number of halogens is 2. The van der Waals surface area contributed by atoms with Crippen LogP contribution in [0.4, 0.5) is 4.39 Å². The van der Waals surface area contributed by atoms with E-state index in [1.165, 1.54) is 12.1 Å². The molecule has 0 radical (unpaired) electrons. The lowest BCUT2D eigenvalue weighted by Gasteiger charge is -2.20. The van der Waals surface area contributed by atoms with Gasteiger partial charge in [-0.3, -0.25) is 4.98 Å². The molecule has 1 atom stereocenters. The molecule has 2 aromatic rings. The number of pyridine rings is 1. The van der Waals surface area contributed by atoms with Crippen LogP contribution in [0.25, 0.3) is 0 Å². The summed E-state index contributed by atoms with van der Waals surface area (Å²) in [7, 11) is 0. The molecule has 1 unspecified atom stereocenters. The van der Waals surface area contributed by atoms with Gasteiger partial charge in [-0.1, -0.05) is 35.0 Å². The first-order chi connectivity index (χ1) is 9.11. The Labute approximate surface area is 121 Å². The monoisotopic (exact) mass is 322 g/mol. The van der Waals surface area contributed by atoms with Gasteiger partial charge in [-0.2, -0.15) is 0 Å². The van der Waals surface area contributed by atoms with E-state index in [0.717, 1.165) is 27.8 Å². The highest BCUT2D eigenvalue weighted by Crippen LogP contribution is 2.29. The molecule has 2 nitrogen and oxygen atoms in total. The lowest BCUT2D eigenvalue weighted by Crippen LogP contribution is -2.22. The first-order valence-corrected chi connectivity index (χ1v) is 7.02. The van der Waals surface area contributed by atoms with Gasteiger partial charge >= 0.3 is 0 Å². The van der Waals surface area contributed by atoms with Crippen LogP contribution in [-0.2, 0) is 0 Å². The summed E-state index contributed by atoms with van der Waals surface area (Å²) in [5.74, 6) is -0.243. The van der Waals surface area contributed by atoms with Gasteiger partial charge in [0.1, 0.15) is 5.82 Å². The van der Waals surface area contributed by atoms with Gasteiger partial charge in [0.25, 0.3) is 0 Å². The third-order valence-electron chi connectivity index (χ3n) is 2.95. The third kappa shape index (κ3) is 3.39. The van der Waals surface area contributed by atoms with Crippen LogP contribution in [0.5, 0.6) is 0 Å². The van der Waals surface area contributed by atoms with Crippen LogP contribution in [0.1, 0.15) is 29.8 Å². The number of hydrogen-bond donors (Lipinski definition) is 1. The predicted molar refractivity (Wildman–Crippen MR) is 78.6 cm³/mol. The minimum Gasteiger partial charge on any atom is -0.306 e. The van der Waals surface area contributed by atoms with Crippen LogP contribution in [0.3, 0.4) is 0 Å². The number of rotatable bonds is 4. The van der Waals surface area contributed by atoms with Gasteiger partial charge < -0.3 is 5.32 Å². The van der Waals surface area contributed by atoms with Gasteiger partial charge in [0.05, 0.1) is 6.04 Å². The minimum atomic E-state index is -0.243. The van der Waals surface area contributed by atoms with Crippen molar-refractivity contribution >= 4 is 15.9 Å². The fraction of sp³-hybridized carbons (Fsp3) is 0.267. The van der Waals surface area contributed by atoms with E-state index in [9.17, 15) is 4.39 Å². The van der Waals surface area contributed by atoms with Crippen LogP contribution >= 0.6 is 15.9 Å². The molecular weight excluding hydrogens is 307 g/mol. The topological polar surface area (TPSA) is 24.9 Å². The van der Waals surface area contributed by atoms with Crippen molar-refractivity contribution < 1.29 is 4.39 Å². The molecule has 100 valence electrons. The molecule has 0 aliphatic rings. The molecule has 4 heteroatoms. The van der Waals surface area contributed by atoms with Crippen molar-refractivity contribution in [3.8, 4) is 0 Å². The largest absolute Gasteiger partial charge is 0.306 e. The molecule has 0 aliphatic heterocycles. The molecule has 1 N–H and O–H groups in total. The molecule has 0 bridgehead atoms. The first kappa shape index (κ1) is 14.2. The molecule has 0 saturated heterocycles. The first-order valence-electron chi connectivity index (χ1n) is 6.22. The molecule has 0 saturated carbocycles. The Balaban J connectivity index is 2.41. The zero-order valence-corrected chi connectivity index (χ0v) is 12.5. The van der Waals surface area contributed by atoms with Crippen molar-refractivity contribution in [2.45, 2.75) is 19.9 Å². The number of nitrogens with one attached hydrogen (secondary N) is 1. The van der Waals surface area contributed by atoms with Gasteiger partial charge in [-0.25, -0.2) is 4.39 Å². The van der Waals surface area contributed by atoms with Crippen LogP contribution < -0.4 is 5.32 Å². The van der Waals surface area contributed by atoms with E-state index in [1.54, 1.807) is 6.07 Å². The maximum atomic E-state index is 13.2. The molecule has 0 amide bonds. The van der Waals surface area contributed by atoms with Crippen molar-refractivity contribution in [1.29, 1.82) is 0 Å². The maximum Gasteiger partial charge on any atom is 0.124 e. The summed E-state index contributed by atoms with van der Waals surface area (Å²) in [5.41, 5.74) is 3.06. The van der Waals surface area contributed by atoms with Gasteiger partial charge in [-0.15, -0.1) is 0 Å². The van der Waals surface area contributed by atoms with E-state index < -0.39 is 0 Å². The molecule has 19 heavy (non-hydrogen) atoms. The van der Waals surface area contributed by atoms with Gasteiger partial charge in [0.15, 0.2) is 0 Å². The number of aryl methyl sites for hydroxylation is 1. The predicted octanol–water partition coefficient (Wildman–Crippen LogP) is 3.99. The molecule has 1 aromatic carbocycles. The zero-order valence-electron chi connectivity index (χ0n) is 11.0. The maximum absolute atomic E-state index is 13.2. The van der Waals surface area contributed by atoms with Crippen LogP contribution in [0.15, 0.2) is 41.0 Å². The van der Waals surface area contributed by atoms with E-state index in [0.29, 0.717) is 0 Å². The highest BCUT2D eigenvalue weighted by Gasteiger charge is 2.16. The summed E-state index contributed by atoms with van der Waals surface area (Å²) in [6.07, 6.45) is 1.86. The average Bonchev–Trinajstić information content (AvgIpc) is 2.38. The lowest BCUT2D eigenvalue weighted by atomic mass is 10.00. The van der Waals surface area contributed by atoms with Crippen LogP contribution in [0, 0.1) is 12.7 Å². The standard InChI is InChI=1S/C15H16BrFN2/c1-3-18-15(11-5-4-10(2)19-9-11)13-7-6-12(17)8-14(13)16/h4-9,15,18H,3H2,1-2H3. The van der Waals surface area contributed by atoms with E-state index in [4.69, 9.17) is 0 Å². The summed E-state index contributed by atoms with van der Waals surface area (Å²) in [6, 6.07) is 8.80. The fourth-order valence-corrected chi connectivity index (χ4v) is 2.58. The number of benzene rings is 1. The molecule has 0 spiro atoms. The van der Waals surface area contributed by atoms with Crippen molar-refractivity contribution in [3.63, 3.8) is 0 Å². The second kappa shape index (κ2) is 6.26. The highest BCUT2D eigenvalue weighted by molar-refractivity contribution is 9.10.